The number of carbonyl (C=O) groups excluding carboxylic acids is 1. The van der Waals surface area contributed by atoms with Crippen molar-refractivity contribution in [2.45, 2.75) is 36.5 Å². The van der Waals surface area contributed by atoms with Gasteiger partial charge in [0.05, 0.1) is 12.0 Å². The molecular weight excluding hydrogens is 577 g/mol. The first-order valence-electron chi connectivity index (χ1n) is 12.9. The molecule has 0 unspecified atom stereocenters. The first-order chi connectivity index (χ1) is 19.3. The number of hydrogen-bond acceptors (Lipinski definition) is 6. The average Bonchev–Trinajstić information content (AvgIpc) is 3.36. The number of anilines is 2. The van der Waals surface area contributed by atoms with E-state index in [0.29, 0.717) is 40.0 Å². The molecule has 11 heteroatoms. The number of halogens is 4. The molecule has 3 aromatic carbocycles. The van der Waals surface area contributed by atoms with Gasteiger partial charge in [-0.3, -0.25) is 4.79 Å². The van der Waals surface area contributed by atoms with Gasteiger partial charge in [0, 0.05) is 44.0 Å². The predicted molar refractivity (Wildman–Crippen MR) is 154 cm³/mol. The zero-order valence-electron chi connectivity index (χ0n) is 21.4. The minimum absolute atomic E-state index is 0.0696. The monoisotopic (exact) mass is 600 g/mol. The van der Waals surface area contributed by atoms with Crippen molar-refractivity contribution >= 4 is 52.2 Å². The van der Waals surface area contributed by atoms with Gasteiger partial charge < -0.3 is 14.7 Å². The van der Waals surface area contributed by atoms with Crippen LogP contribution in [0.3, 0.4) is 0 Å². The van der Waals surface area contributed by atoms with Gasteiger partial charge in [-0.25, -0.2) is 8.78 Å². The van der Waals surface area contributed by atoms with E-state index < -0.39 is 17.0 Å². The number of rotatable bonds is 8. The van der Waals surface area contributed by atoms with Crippen LogP contribution >= 0.6 is 35.0 Å². The van der Waals surface area contributed by atoms with Crippen LogP contribution in [0, 0.1) is 11.6 Å². The number of nitrogens with one attached hydrogen (secondary N) is 1. The van der Waals surface area contributed by atoms with E-state index in [0.717, 1.165) is 36.5 Å². The molecule has 0 bridgehead atoms. The first kappa shape index (κ1) is 27.1. The van der Waals surface area contributed by atoms with Crippen LogP contribution in [0.5, 0.6) is 0 Å². The Bertz CT molecular complexity index is 1600. The second kappa shape index (κ2) is 10.7. The molecule has 0 saturated heterocycles. The molecule has 0 atom stereocenters. The molecule has 6 rings (SSSR count). The highest BCUT2D eigenvalue weighted by molar-refractivity contribution is 7.99. The molecule has 0 spiro atoms. The number of amides is 1. The van der Waals surface area contributed by atoms with E-state index in [-0.39, 0.29) is 23.9 Å². The fourth-order valence-corrected chi connectivity index (χ4v) is 6.79. The van der Waals surface area contributed by atoms with E-state index in [2.05, 4.69) is 45.5 Å². The summed E-state index contributed by atoms with van der Waals surface area (Å²) in [6.07, 6.45) is 2.27. The smallest absolute Gasteiger partial charge is 0.258 e. The van der Waals surface area contributed by atoms with Crippen LogP contribution in [0.25, 0.3) is 11.5 Å². The lowest BCUT2D eigenvalue weighted by atomic mass is 9.94. The van der Waals surface area contributed by atoms with Crippen molar-refractivity contribution in [1.82, 2.24) is 10.1 Å². The lowest BCUT2D eigenvalue weighted by molar-refractivity contribution is -0.115. The molecule has 1 aliphatic heterocycles. The summed E-state index contributed by atoms with van der Waals surface area (Å²) in [6.45, 7) is 3.12. The predicted octanol–water partition coefficient (Wildman–Crippen LogP) is 7.51. The number of nitrogens with zero attached hydrogens (tertiary/aromatic N) is 3. The topological polar surface area (TPSA) is 71.3 Å². The second-order valence-electron chi connectivity index (χ2n) is 9.89. The van der Waals surface area contributed by atoms with E-state index in [4.69, 9.17) is 27.7 Å². The van der Waals surface area contributed by atoms with E-state index >= 15 is 0 Å². The molecule has 1 fully saturated rings. The molecule has 40 heavy (non-hydrogen) atoms. The molecule has 206 valence electrons. The second-order valence-corrected chi connectivity index (χ2v) is 12.0. The molecule has 1 aliphatic carbocycles. The number of benzene rings is 3. The third-order valence-electron chi connectivity index (χ3n) is 7.26. The summed E-state index contributed by atoms with van der Waals surface area (Å²) < 4.78 is 32.4. The highest BCUT2D eigenvalue weighted by Gasteiger charge is 2.52. The Kier molecular flexibility index (Phi) is 7.23. The van der Waals surface area contributed by atoms with Gasteiger partial charge in [0.2, 0.25) is 5.91 Å². The van der Waals surface area contributed by atoms with Gasteiger partial charge in [0.25, 0.3) is 5.89 Å². The van der Waals surface area contributed by atoms with Crippen molar-refractivity contribution in [3.05, 3.63) is 87.2 Å². The summed E-state index contributed by atoms with van der Waals surface area (Å²) in [5.74, 6) is -0.686. The maximum absolute atomic E-state index is 13.7. The third-order valence-corrected chi connectivity index (χ3v) is 8.74. The lowest BCUT2D eigenvalue weighted by Crippen LogP contribution is -2.31. The van der Waals surface area contributed by atoms with Gasteiger partial charge in [-0.05, 0) is 79.1 Å². The SMILES string of the molecule is CCSc1ccc2c(c1)CCN2CC(=O)Nc1cc(Cl)c(C2(c3noc(-c4ccc(F)c(F)c4)n3)CC2)c(Cl)c1. The molecule has 4 aromatic rings. The standard InChI is InChI=1S/C29H24Cl2F2N4O2S/c1-2-40-19-4-6-24-16(11-19)7-10-37(24)15-25(38)34-18-13-20(30)26(21(31)14-18)29(8-9-29)28-35-27(39-36-28)17-3-5-22(32)23(33)12-17/h3-6,11-14H,2,7-10,15H2,1H3,(H,34,38). The number of aromatic nitrogens is 2. The molecule has 1 saturated carbocycles. The summed E-state index contributed by atoms with van der Waals surface area (Å²) in [5.41, 5.74) is 3.08. The summed E-state index contributed by atoms with van der Waals surface area (Å²) in [7, 11) is 0. The third kappa shape index (κ3) is 5.06. The molecule has 1 amide bonds. The van der Waals surface area contributed by atoms with Crippen molar-refractivity contribution in [1.29, 1.82) is 0 Å². The summed E-state index contributed by atoms with van der Waals surface area (Å²) >= 11 is 15.2. The van der Waals surface area contributed by atoms with Gasteiger partial charge in [0.1, 0.15) is 0 Å². The number of fused-ring (bicyclic) bond motifs is 1. The van der Waals surface area contributed by atoms with Crippen molar-refractivity contribution < 1.29 is 18.1 Å². The Morgan fingerprint density at radius 2 is 1.88 bits per heavy atom. The lowest BCUT2D eigenvalue weighted by Gasteiger charge is -2.20. The van der Waals surface area contributed by atoms with Gasteiger partial charge in [0.15, 0.2) is 17.5 Å². The zero-order chi connectivity index (χ0) is 28.0. The molecule has 1 aromatic heterocycles. The largest absolute Gasteiger partial charge is 0.362 e. The van der Waals surface area contributed by atoms with Crippen molar-refractivity contribution in [2.24, 2.45) is 0 Å². The summed E-state index contributed by atoms with van der Waals surface area (Å²) in [6, 6.07) is 13.1. The number of carbonyl (C=O) groups is 1. The fourth-order valence-electron chi connectivity index (χ4n) is 5.22. The molecule has 1 N–H and O–H groups in total. The van der Waals surface area contributed by atoms with Crippen molar-refractivity contribution in [2.75, 3.05) is 29.1 Å². The Labute approximate surface area is 244 Å². The molecule has 2 heterocycles. The van der Waals surface area contributed by atoms with Crippen LogP contribution in [0.15, 0.2) is 57.9 Å². The Morgan fingerprint density at radius 1 is 1.10 bits per heavy atom. The highest BCUT2D eigenvalue weighted by atomic mass is 35.5. The normalized spacial score (nSPS) is 15.3. The fraction of sp³-hybridized carbons (Fsp3) is 0.276. The van der Waals surface area contributed by atoms with E-state index in [1.807, 2.05) is 0 Å². The van der Waals surface area contributed by atoms with Gasteiger partial charge in [-0.1, -0.05) is 35.3 Å². The van der Waals surface area contributed by atoms with Crippen LogP contribution in [0.2, 0.25) is 10.0 Å². The van der Waals surface area contributed by atoms with Crippen LogP contribution < -0.4 is 10.2 Å². The Balaban J connectivity index is 1.17. The van der Waals surface area contributed by atoms with E-state index in [1.165, 1.54) is 16.5 Å². The number of thioether (sulfide) groups is 1. The first-order valence-corrected chi connectivity index (χ1v) is 14.6. The van der Waals surface area contributed by atoms with Gasteiger partial charge in [-0.15, -0.1) is 11.8 Å². The van der Waals surface area contributed by atoms with E-state index in [9.17, 15) is 13.6 Å². The van der Waals surface area contributed by atoms with E-state index in [1.54, 1.807) is 23.9 Å². The van der Waals surface area contributed by atoms with Crippen LogP contribution in [0.1, 0.15) is 36.7 Å². The van der Waals surface area contributed by atoms with Crippen molar-refractivity contribution in [3.8, 4) is 11.5 Å². The van der Waals surface area contributed by atoms with Crippen molar-refractivity contribution in [3.63, 3.8) is 0 Å². The van der Waals surface area contributed by atoms with Gasteiger partial charge >= 0.3 is 0 Å². The van der Waals surface area contributed by atoms with Gasteiger partial charge in [-0.2, -0.15) is 4.98 Å². The number of hydrogen-bond donors (Lipinski definition) is 1. The molecule has 2 aliphatic rings. The minimum Gasteiger partial charge on any atom is -0.362 e. The Hall–Kier alpha value is -3.14. The zero-order valence-corrected chi connectivity index (χ0v) is 23.8. The summed E-state index contributed by atoms with van der Waals surface area (Å²) in [4.78, 5) is 20.7. The highest BCUT2D eigenvalue weighted by Crippen LogP contribution is 2.57. The Morgan fingerprint density at radius 3 is 2.58 bits per heavy atom. The quantitative estimate of drug-likeness (QED) is 0.211. The van der Waals surface area contributed by atoms with Crippen LogP contribution in [0.4, 0.5) is 20.2 Å². The average molecular weight is 602 g/mol. The molecular formula is C29H24Cl2F2N4O2S. The molecule has 0 radical (unpaired) electrons. The maximum atomic E-state index is 13.7. The minimum atomic E-state index is -1.00. The van der Waals surface area contributed by atoms with Crippen LogP contribution in [-0.2, 0) is 16.6 Å². The summed E-state index contributed by atoms with van der Waals surface area (Å²) in [5, 5.41) is 7.76. The van der Waals surface area contributed by atoms with Crippen LogP contribution in [-0.4, -0.2) is 34.9 Å². The molecule has 6 nitrogen and oxygen atoms in total. The maximum Gasteiger partial charge on any atom is 0.258 e.